The van der Waals surface area contributed by atoms with Crippen molar-refractivity contribution in [3.05, 3.63) is 59.9 Å². The summed E-state index contributed by atoms with van der Waals surface area (Å²) >= 11 is 0.996. The zero-order valence-corrected chi connectivity index (χ0v) is 18.5. The molecule has 0 atom stereocenters. The lowest BCUT2D eigenvalue weighted by Gasteiger charge is -2.35. The van der Waals surface area contributed by atoms with Crippen molar-refractivity contribution in [3.8, 4) is 0 Å². The Morgan fingerprint density at radius 2 is 1.78 bits per heavy atom. The minimum atomic E-state index is -4.02. The number of imide groups is 1. The van der Waals surface area contributed by atoms with Crippen LogP contribution in [-0.2, 0) is 14.8 Å². The molecule has 2 fully saturated rings. The van der Waals surface area contributed by atoms with Crippen LogP contribution < -0.4 is 4.72 Å². The van der Waals surface area contributed by atoms with E-state index in [9.17, 15) is 27.2 Å². The van der Waals surface area contributed by atoms with Crippen molar-refractivity contribution < 1.29 is 27.2 Å². The summed E-state index contributed by atoms with van der Waals surface area (Å²) in [5.74, 6) is -0.973. The van der Waals surface area contributed by atoms with E-state index in [0.29, 0.717) is 31.5 Å². The average Bonchev–Trinajstić information content (AvgIpc) is 3.11. The highest BCUT2D eigenvalue weighted by Crippen LogP contribution is 2.27. The van der Waals surface area contributed by atoms with Crippen LogP contribution in [0.2, 0.25) is 0 Å². The maximum absolute atomic E-state index is 13.4. The Hall–Kier alpha value is -2.92. The summed E-state index contributed by atoms with van der Waals surface area (Å²) in [6.45, 7) is 0.759. The van der Waals surface area contributed by atoms with Crippen LogP contribution in [0.3, 0.4) is 0 Å². The van der Waals surface area contributed by atoms with Crippen molar-refractivity contribution >= 4 is 44.5 Å². The number of carbonyl (C=O) groups is 3. The number of thioether (sulfide) groups is 1. The van der Waals surface area contributed by atoms with Crippen molar-refractivity contribution in [1.82, 2.24) is 9.80 Å². The first kappa shape index (κ1) is 22.3. The number of nitrogens with zero attached hydrogens (tertiary/aromatic N) is 2. The van der Waals surface area contributed by atoms with Crippen molar-refractivity contribution in [2.45, 2.75) is 23.8 Å². The third kappa shape index (κ3) is 4.63. The van der Waals surface area contributed by atoms with Crippen LogP contribution in [0.25, 0.3) is 0 Å². The molecule has 32 heavy (non-hydrogen) atoms. The minimum absolute atomic E-state index is 0.163. The van der Waals surface area contributed by atoms with Crippen molar-refractivity contribution in [2.24, 2.45) is 0 Å². The molecule has 2 heterocycles. The van der Waals surface area contributed by atoms with E-state index in [-0.39, 0.29) is 39.4 Å². The lowest BCUT2D eigenvalue weighted by molar-refractivity contribution is -0.126. The molecule has 2 saturated heterocycles. The molecule has 0 spiro atoms. The van der Waals surface area contributed by atoms with Gasteiger partial charge in [-0.05, 0) is 49.2 Å². The van der Waals surface area contributed by atoms with E-state index in [1.165, 1.54) is 29.2 Å². The Morgan fingerprint density at radius 1 is 1.06 bits per heavy atom. The smallest absolute Gasteiger partial charge is 0.289 e. The molecule has 2 aliphatic heterocycles. The van der Waals surface area contributed by atoms with Gasteiger partial charge in [-0.15, -0.1) is 0 Å². The molecule has 0 radical (unpaired) electrons. The van der Waals surface area contributed by atoms with Gasteiger partial charge < -0.3 is 4.90 Å². The van der Waals surface area contributed by atoms with Crippen LogP contribution in [0.15, 0.2) is 53.4 Å². The first-order valence-corrected chi connectivity index (χ1v) is 12.4. The zero-order chi connectivity index (χ0) is 22.9. The molecule has 4 rings (SSSR count). The highest BCUT2D eigenvalue weighted by Gasteiger charge is 2.38. The minimum Gasteiger partial charge on any atom is -0.338 e. The monoisotopic (exact) mass is 477 g/mol. The largest absolute Gasteiger partial charge is 0.338 e. The van der Waals surface area contributed by atoms with Crippen LogP contribution in [0.5, 0.6) is 0 Å². The normalized spacial score (nSPS) is 17.7. The molecule has 2 aliphatic rings. The third-order valence-corrected chi connectivity index (χ3v) is 7.58. The highest BCUT2D eigenvalue weighted by molar-refractivity contribution is 8.14. The number of hydrogen-bond donors (Lipinski definition) is 1. The lowest BCUT2D eigenvalue weighted by Crippen LogP contribution is -2.48. The number of rotatable bonds is 5. The number of anilines is 1. The Bertz CT molecular complexity index is 1160. The number of piperidine rings is 1. The molecular weight excluding hydrogens is 457 g/mol. The van der Waals surface area contributed by atoms with Crippen LogP contribution >= 0.6 is 11.8 Å². The molecule has 11 heteroatoms. The molecular formula is C21H20FN3O5S2. The summed E-state index contributed by atoms with van der Waals surface area (Å²) in [7, 11) is -4.02. The van der Waals surface area contributed by atoms with Gasteiger partial charge in [-0.25, -0.2) is 12.8 Å². The van der Waals surface area contributed by atoms with Gasteiger partial charge in [-0.2, -0.15) is 0 Å². The summed E-state index contributed by atoms with van der Waals surface area (Å²) in [4.78, 5) is 39.5. The molecule has 2 aromatic rings. The van der Waals surface area contributed by atoms with Gasteiger partial charge in [0.25, 0.3) is 21.2 Å². The highest BCUT2D eigenvalue weighted by atomic mass is 32.2. The zero-order valence-electron chi connectivity index (χ0n) is 16.9. The van der Waals surface area contributed by atoms with Gasteiger partial charge in [0.2, 0.25) is 5.91 Å². The number of nitrogens with one attached hydrogen (secondary N) is 1. The molecule has 168 valence electrons. The second-order valence-corrected chi connectivity index (χ2v) is 10.1. The summed E-state index contributed by atoms with van der Waals surface area (Å²) < 4.78 is 40.8. The first-order chi connectivity index (χ1) is 15.2. The molecule has 1 N–H and O–H groups in total. The maximum Gasteiger partial charge on any atom is 0.289 e. The summed E-state index contributed by atoms with van der Waals surface area (Å²) in [6.07, 6.45) is 0.991. The second-order valence-electron chi connectivity index (χ2n) is 7.49. The van der Waals surface area contributed by atoms with Gasteiger partial charge in [-0.3, -0.25) is 24.0 Å². The SMILES string of the molecule is O=C(c1cccc(NS(=O)(=O)c2cccc(F)c2)c1)N1CCC(N2C(=O)CSC2=O)CC1. The Labute approximate surface area is 188 Å². The van der Waals surface area contributed by atoms with Crippen molar-refractivity contribution in [2.75, 3.05) is 23.6 Å². The lowest BCUT2D eigenvalue weighted by atomic mass is 10.0. The van der Waals surface area contributed by atoms with Gasteiger partial charge in [-0.1, -0.05) is 23.9 Å². The Kier molecular flexibility index (Phi) is 6.20. The summed E-state index contributed by atoms with van der Waals surface area (Å²) in [5.41, 5.74) is 0.479. The van der Waals surface area contributed by atoms with E-state index >= 15 is 0 Å². The number of halogens is 1. The van der Waals surface area contributed by atoms with Crippen LogP contribution in [0.1, 0.15) is 23.2 Å². The predicted octanol–water partition coefficient (Wildman–Crippen LogP) is 2.93. The summed E-state index contributed by atoms with van der Waals surface area (Å²) in [6, 6.07) is 10.5. The van der Waals surface area contributed by atoms with Crippen LogP contribution in [0.4, 0.5) is 14.9 Å². The number of likely N-dealkylation sites (tertiary alicyclic amines) is 1. The predicted molar refractivity (Wildman–Crippen MR) is 117 cm³/mol. The number of benzene rings is 2. The third-order valence-electron chi connectivity index (χ3n) is 5.37. The van der Waals surface area contributed by atoms with E-state index in [0.717, 1.165) is 23.9 Å². The van der Waals surface area contributed by atoms with E-state index in [1.54, 1.807) is 17.0 Å². The van der Waals surface area contributed by atoms with Crippen molar-refractivity contribution in [3.63, 3.8) is 0 Å². The van der Waals surface area contributed by atoms with E-state index in [2.05, 4.69) is 4.72 Å². The summed E-state index contributed by atoms with van der Waals surface area (Å²) in [5, 5.41) is -0.238. The fraction of sp³-hybridized carbons (Fsp3) is 0.286. The van der Waals surface area contributed by atoms with E-state index in [4.69, 9.17) is 0 Å². The quantitative estimate of drug-likeness (QED) is 0.710. The fourth-order valence-corrected chi connectivity index (χ4v) is 5.65. The van der Waals surface area contributed by atoms with Crippen molar-refractivity contribution in [1.29, 1.82) is 0 Å². The number of carbonyl (C=O) groups excluding carboxylic acids is 3. The second kappa shape index (κ2) is 8.91. The molecule has 0 unspecified atom stereocenters. The van der Waals surface area contributed by atoms with E-state index < -0.39 is 15.8 Å². The molecule has 0 bridgehead atoms. The number of amides is 3. The van der Waals surface area contributed by atoms with Crippen LogP contribution in [-0.4, -0.2) is 60.2 Å². The number of sulfonamides is 1. The molecule has 3 amide bonds. The fourth-order valence-electron chi connectivity index (χ4n) is 3.79. The first-order valence-electron chi connectivity index (χ1n) is 9.91. The molecule has 0 aliphatic carbocycles. The number of hydrogen-bond acceptors (Lipinski definition) is 6. The molecule has 2 aromatic carbocycles. The maximum atomic E-state index is 13.4. The Morgan fingerprint density at radius 3 is 2.44 bits per heavy atom. The average molecular weight is 478 g/mol. The van der Waals surface area contributed by atoms with Gasteiger partial charge in [0.05, 0.1) is 10.6 Å². The molecule has 0 aromatic heterocycles. The Balaban J connectivity index is 1.43. The molecule has 8 nitrogen and oxygen atoms in total. The standard InChI is InChI=1S/C21H20FN3O5S2/c22-15-4-2-6-18(12-15)32(29,30)23-16-5-1-3-14(11-16)20(27)24-9-7-17(8-10-24)25-19(26)13-31-21(25)28/h1-6,11-12,17,23H,7-10,13H2. The van der Waals surface area contributed by atoms with Gasteiger partial charge in [0.1, 0.15) is 5.82 Å². The molecule has 0 saturated carbocycles. The topological polar surface area (TPSA) is 104 Å². The van der Waals surface area contributed by atoms with Crippen LogP contribution in [0, 0.1) is 5.82 Å². The van der Waals surface area contributed by atoms with Gasteiger partial charge in [0, 0.05) is 30.4 Å². The van der Waals surface area contributed by atoms with E-state index in [1.807, 2.05) is 0 Å². The van der Waals surface area contributed by atoms with Gasteiger partial charge >= 0.3 is 0 Å². The van der Waals surface area contributed by atoms with Gasteiger partial charge in [0.15, 0.2) is 0 Å².